The zero-order valence-corrected chi connectivity index (χ0v) is 68.6. The van der Waals surface area contributed by atoms with Crippen LogP contribution in [0.25, 0.3) is 11.0 Å². The van der Waals surface area contributed by atoms with Gasteiger partial charge in [-0.15, -0.1) is 11.8 Å². The Bertz CT molecular complexity index is 2080. The van der Waals surface area contributed by atoms with Crippen LogP contribution in [0.15, 0.2) is 107 Å². The van der Waals surface area contributed by atoms with Gasteiger partial charge in [0.1, 0.15) is 18.0 Å². The number of hydrogen-bond donors (Lipinski definition) is 0. The zero-order chi connectivity index (χ0) is 75.2. The number of carbonyl (C=O) groups excluding carboxylic acids is 2. The van der Waals surface area contributed by atoms with Crippen molar-refractivity contribution in [1.29, 1.82) is 0 Å². The molecule has 19 heteroatoms. The van der Waals surface area contributed by atoms with E-state index < -0.39 is 0 Å². The number of esters is 1. The number of amides is 1. The topological polar surface area (TPSA) is 176 Å². The van der Waals surface area contributed by atoms with Crippen molar-refractivity contribution in [3.8, 4) is 0 Å². The largest absolute Gasteiger partial charge is 0.469 e. The van der Waals surface area contributed by atoms with Crippen molar-refractivity contribution in [3.05, 3.63) is 109 Å². The summed E-state index contributed by atoms with van der Waals surface area (Å²) < 4.78 is 6.20. The van der Waals surface area contributed by atoms with Gasteiger partial charge in [-0.3, -0.25) is 29.6 Å². The number of aryl methyl sites for hydroxylation is 4. The van der Waals surface area contributed by atoms with Crippen molar-refractivity contribution in [3.63, 3.8) is 0 Å². The predicted molar refractivity (Wildman–Crippen MR) is 427 cm³/mol. The summed E-state index contributed by atoms with van der Waals surface area (Å²) >= 11 is 6.61. The lowest BCUT2D eigenvalue weighted by Crippen LogP contribution is -2.19. The number of aromatic nitrogens is 7. The van der Waals surface area contributed by atoms with Crippen molar-refractivity contribution < 1.29 is 14.3 Å². The molecule has 2 aliphatic rings. The maximum absolute atomic E-state index is 10.1. The molecule has 92 heavy (non-hydrogen) atoms. The second-order valence-corrected chi connectivity index (χ2v) is 16.9. The van der Waals surface area contributed by atoms with Crippen LogP contribution >= 0.6 is 24.0 Å². The molecular formula is C73H152N14O3S2. The van der Waals surface area contributed by atoms with Crippen molar-refractivity contribution in [2.45, 2.75) is 228 Å². The number of likely N-dealkylation sites (N-methyl/N-ethyl adjacent to an activating group) is 1. The highest BCUT2D eigenvalue weighted by molar-refractivity contribution is 8.13. The van der Waals surface area contributed by atoms with E-state index in [2.05, 4.69) is 79.1 Å². The first-order valence-electron chi connectivity index (χ1n) is 33.1. The Morgan fingerprint density at radius 3 is 1.16 bits per heavy atom. The van der Waals surface area contributed by atoms with Crippen LogP contribution in [0.4, 0.5) is 0 Å². The number of carbonyl (C=O) groups is 2. The quantitative estimate of drug-likeness (QED) is 0.0619. The number of thioether (sulfide) groups is 1. The van der Waals surface area contributed by atoms with Crippen molar-refractivity contribution in [1.82, 2.24) is 54.1 Å². The number of amidine groups is 2. The van der Waals surface area contributed by atoms with E-state index in [1.54, 1.807) is 58.2 Å². The van der Waals surface area contributed by atoms with E-state index in [0.29, 0.717) is 0 Å². The van der Waals surface area contributed by atoms with Gasteiger partial charge in [0.15, 0.2) is 0 Å². The third-order valence-corrected chi connectivity index (χ3v) is 10.2. The van der Waals surface area contributed by atoms with Crippen LogP contribution in [0.5, 0.6) is 0 Å². The molecule has 0 radical (unpaired) electrons. The number of benzene rings is 1. The number of thiocarbonyl (C=S) groups is 1. The Kier molecular flexibility index (Phi) is 150. The number of ether oxygens (including phenoxy) is 1. The second-order valence-electron chi connectivity index (χ2n) is 15.0. The van der Waals surface area contributed by atoms with Crippen molar-refractivity contribution in [2.75, 3.05) is 88.9 Å². The summed E-state index contributed by atoms with van der Waals surface area (Å²) in [6.45, 7) is 63.8. The molecular weight excluding hydrogens is 1190 g/mol. The molecule has 1 aromatic carbocycles. The van der Waals surface area contributed by atoms with Gasteiger partial charge in [-0.25, -0.2) is 24.9 Å². The first kappa shape index (κ1) is 123. The highest BCUT2D eigenvalue weighted by atomic mass is 32.2. The van der Waals surface area contributed by atoms with E-state index in [4.69, 9.17) is 12.2 Å². The number of nitrogens with zero attached hydrogens (tertiary/aromatic N) is 14. The van der Waals surface area contributed by atoms with Crippen LogP contribution < -0.4 is 0 Å². The molecule has 0 atom stereocenters. The standard InChI is InChI=1S/C9H10N2.C5H10N2.2C5H6N2.C5H12N2.C5H9NS.C5H5N.C4H9NO.C4H9NS.C3H6O2.11C2H6.CH4/c1-7-10-8-5-3-4-6-9(8)11(7)2;1-5-6-3-4-7(5)2;1-5-2-3-6-4-7-5;1-5-6-3-2-4-7-5;1-5(6-2)7(3)4;1-5-6-3-2-4-7-5;1-2-4-6-5-3-1;2*1-4(6)5(2)3;1-3(4)5-2;11*1-2;/h3-6H,1-2H3;3-4H2,1-2H3;2*2-4H,1H3;1-4H3;2-4H2,1H3;1-5H;2*1-3H3;1-2H3;11*1-2H3;1H4. The SMILES string of the molecule is C.CC.CC.CC.CC.CC.CC.CC.CC.CC.CC.CC.CC(=O)N(C)C.CC(=S)N(C)C.CC1=NCCCS1.CC1=NCCN1C.CN=C(C)N(C)C.COC(C)=O.Cc1ccncn1.Cc1nc2ccccc2n1C.Cc1ncccn1.c1ccncc1. The van der Waals surface area contributed by atoms with Crippen LogP contribution in [0, 0.1) is 20.8 Å². The second kappa shape index (κ2) is 112. The molecule has 0 fully saturated rings. The number of para-hydroxylation sites is 2. The molecule has 5 aromatic rings. The fourth-order valence-electron chi connectivity index (χ4n) is 3.72. The summed E-state index contributed by atoms with van der Waals surface area (Å²) in [6, 6.07) is 17.5. The molecule has 0 aliphatic carbocycles. The molecule has 4 aromatic heterocycles. The van der Waals surface area contributed by atoms with Gasteiger partial charge < -0.3 is 28.9 Å². The first-order chi connectivity index (χ1) is 43.5. The van der Waals surface area contributed by atoms with E-state index in [0.717, 1.165) is 53.3 Å². The lowest BCUT2D eigenvalue weighted by atomic mass is 10.3. The molecule has 17 nitrogen and oxygen atoms in total. The lowest BCUT2D eigenvalue weighted by molar-refractivity contribution is -0.138. The van der Waals surface area contributed by atoms with Gasteiger partial charge in [-0.2, -0.15) is 0 Å². The molecule has 0 bridgehead atoms. The fraction of sp³-hybridized carbons (Fsp3) is 0.644. The van der Waals surface area contributed by atoms with Gasteiger partial charge in [0, 0.05) is 133 Å². The van der Waals surface area contributed by atoms with Gasteiger partial charge >= 0.3 is 5.97 Å². The van der Waals surface area contributed by atoms with E-state index >= 15 is 0 Å². The van der Waals surface area contributed by atoms with Crippen LogP contribution in [-0.4, -0.2) is 177 Å². The Balaban J connectivity index is -0.0000000534. The molecule has 6 heterocycles. The van der Waals surface area contributed by atoms with Crippen molar-refractivity contribution in [2.24, 2.45) is 22.0 Å². The Hall–Kier alpha value is -6.21. The van der Waals surface area contributed by atoms with Gasteiger partial charge in [-0.05, 0) is 91.3 Å². The van der Waals surface area contributed by atoms with E-state index in [1.165, 1.54) is 60.8 Å². The summed E-state index contributed by atoms with van der Waals surface area (Å²) in [4.78, 5) is 63.9. The summed E-state index contributed by atoms with van der Waals surface area (Å²) in [5.74, 6) is 5.23. The molecule has 0 saturated carbocycles. The highest BCUT2D eigenvalue weighted by Crippen LogP contribution is 2.13. The summed E-state index contributed by atoms with van der Waals surface area (Å²) in [7, 11) is 18.5. The Morgan fingerprint density at radius 1 is 0.565 bits per heavy atom. The number of imidazole rings is 1. The molecule has 7 rings (SSSR count). The molecule has 0 N–H and O–H groups in total. The van der Waals surface area contributed by atoms with E-state index in [1.807, 2.05) is 293 Å². The minimum Gasteiger partial charge on any atom is -0.469 e. The molecule has 2 aliphatic heterocycles. The number of pyridine rings is 1. The zero-order valence-electron chi connectivity index (χ0n) is 67.0. The van der Waals surface area contributed by atoms with Gasteiger partial charge in [0.25, 0.3) is 0 Å². The fourth-order valence-corrected chi connectivity index (χ4v) is 4.47. The van der Waals surface area contributed by atoms with Crippen LogP contribution in [0.1, 0.15) is 225 Å². The normalized spacial score (nSPS) is 9.32. The first-order valence-corrected chi connectivity index (χ1v) is 34.5. The van der Waals surface area contributed by atoms with Gasteiger partial charge in [0.2, 0.25) is 5.91 Å². The maximum Gasteiger partial charge on any atom is 0.302 e. The highest BCUT2D eigenvalue weighted by Gasteiger charge is 2.04. The predicted octanol–water partition coefficient (Wildman–Crippen LogP) is 20.1. The molecule has 1 amide bonds. The van der Waals surface area contributed by atoms with Gasteiger partial charge in [0.05, 0.1) is 46.4 Å². The monoisotopic (exact) mass is 1340 g/mol. The van der Waals surface area contributed by atoms with Gasteiger partial charge in [-0.1, -0.05) is 190 Å². The minimum atomic E-state index is -0.245. The summed E-state index contributed by atoms with van der Waals surface area (Å²) in [5.41, 5.74) is 3.28. The summed E-state index contributed by atoms with van der Waals surface area (Å²) in [6.07, 6.45) is 11.5. The van der Waals surface area contributed by atoms with E-state index in [9.17, 15) is 9.59 Å². The molecule has 0 spiro atoms. The smallest absolute Gasteiger partial charge is 0.302 e. The van der Waals surface area contributed by atoms with Crippen LogP contribution in [0.2, 0.25) is 0 Å². The number of aliphatic imine (C=N–C) groups is 3. The third-order valence-electron chi connectivity index (χ3n) is 8.80. The third kappa shape index (κ3) is 108. The van der Waals surface area contributed by atoms with Crippen LogP contribution in [-0.2, 0) is 21.4 Å². The minimum absolute atomic E-state index is 0. The molecule has 544 valence electrons. The number of fused-ring (bicyclic) bond motifs is 1. The molecule has 0 unspecified atom stereocenters. The average molecular weight is 1340 g/mol. The lowest BCUT2D eigenvalue weighted by Gasteiger charge is -2.08. The number of methoxy groups -OCH3 is 1. The maximum atomic E-state index is 10.1. The number of rotatable bonds is 0. The number of hydrogen-bond acceptors (Lipinski definition) is 15. The van der Waals surface area contributed by atoms with Crippen LogP contribution in [0.3, 0.4) is 0 Å². The van der Waals surface area contributed by atoms with E-state index in [-0.39, 0.29) is 19.3 Å². The summed E-state index contributed by atoms with van der Waals surface area (Å²) in [5, 5.41) is 1.26. The van der Waals surface area contributed by atoms with Crippen molar-refractivity contribution >= 4 is 68.6 Å². The molecule has 0 saturated heterocycles. The Morgan fingerprint density at radius 2 is 0.989 bits per heavy atom. The average Bonchev–Trinajstić information content (AvgIpc) is 1.76. The Labute approximate surface area is 582 Å².